The molecule has 5 heteroatoms. The molecule has 1 aliphatic heterocycles. The Morgan fingerprint density at radius 2 is 1.79 bits per heavy atom. The quantitative estimate of drug-likeness (QED) is 0.863. The van der Waals surface area contributed by atoms with Crippen molar-refractivity contribution in [3.05, 3.63) is 71.0 Å². The second-order valence-corrected chi connectivity index (χ2v) is 7.98. The molecule has 2 aromatic rings. The van der Waals surface area contributed by atoms with Gasteiger partial charge in [-0.2, -0.15) is 0 Å². The zero-order valence-corrected chi connectivity index (χ0v) is 16.0. The van der Waals surface area contributed by atoms with Gasteiger partial charge in [-0.1, -0.05) is 24.3 Å². The first-order valence-corrected chi connectivity index (χ1v) is 9.91. The molecular weight excluding hydrogens is 355 g/mol. The lowest BCUT2D eigenvalue weighted by Crippen LogP contribution is -2.36. The average molecular weight is 380 g/mol. The molecule has 0 unspecified atom stereocenters. The van der Waals surface area contributed by atoms with E-state index in [1.807, 2.05) is 31.2 Å². The summed E-state index contributed by atoms with van der Waals surface area (Å²) in [6.45, 7) is 3.63. The third-order valence-corrected chi connectivity index (χ3v) is 5.88. The van der Waals surface area contributed by atoms with Crippen molar-refractivity contribution in [2.75, 3.05) is 19.6 Å². The van der Waals surface area contributed by atoms with Crippen LogP contribution in [0, 0.1) is 24.6 Å². The van der Waals surface area contributed by atoms with Crippen molar-refractivity contribution in [1.29, 1.82) is 0 Å². The van der Waals surface area contributed by atoms with Crippen molar-refractivity contribution in [3.63, 3.8) is 0 Å². The van der Waals surface area contributed by atoms with Crippen LogP contribution in [0.3, 0.4) is 0 Å². The van der Waals surface area contributed by atoms with E-state index >= 15 is 0 Å². The molecule has 2 aromatic carbocycles. The molecule has 2 amide bonds. The van der Waals surface area contributed by atoms with Crippen LogP contribution in [0.4, 0.5) is 4.39 Å². The van der Waals surface area contributed by atoms with E-state index in [-0.39, 0.29) is 29.5 Å². The predicted molar refractivity (Wildman–Crippen MR) is 105 cm³/mol. The number of aryl methyl sites for hydroxylation is 1. The van der Waals surface area contributed by atoms with Gasteiger partial charge in [0.15, 0.2) is 0 Å². The van der Waals surface area contributed by atoms with Gasteiger partial charge in [-0.15, -0.1) is 0 Å². The number of halogens is 1. The van der Waals surface area contributed by atoms with Crippen molar-refractivity contribution < 1.29 is 14.0 Å². The van der Waals surface area contributed by atoms with Crippen LogP contribution >= 0.6 is 0 Å². The highest BCUT2D eigenvalue weighted by Gasteiger charge is 2.41. The summed E-state index contributed by atoms with van der Waals surface area (Å²) < 4.78 is 13.2. The summed E-state index contributed by atoms with van der Waals surface area (Å²) in [5.41, 5.74) is 2.69. The molecular formula is C23H25FN2O2. The van der Waals surface area contributed by atoms with E-state index in [2.05, 4.69) is 5.32 Å². The van der Waals surface area contributed by atoms with Gasteiger partial charge in [-0.25, -0.2) is 4.39 Å². The van der Waals surface area contributed by atoms with Crippen LogP contribution in [0.1, 0.15) is 40.2 Å². The molecule has 146 valence electrons. The van der Waals surface area contributed by atoms with E-state index in [1.54, 1.807) is 4.90 Å². The minimum Gasteiger partial charge on any atom is -0.356 e. The first-order valence-electron chi connectivity index (χ1n) is 9.91. The molecule has 0 aromatic heterocycles. The summed E-state index contributed by atoms with van der Waals surface area (Å²) in [7, 11) is 0. The van der Waals surface area contributed by atoms with Gasteiger partial charge in [0.1, 0.15) is 5.82 Å². The van der Waals surface area contributed by atoms with E-state index in [9.17, 15) is 14.0 Å². The lowest BCUT2D eigenvalue weighted by atomic mass is 9.86. The maximum absolute atomic E-state index is 13.2. The molecule has 2 atom stereocenters. The van der Waals surface area contributed by atoms with Gasteiger partial charge < -0.3 is 10.2 Å². The number of hydrogen-bond donors (Lipinski definition) is 1. The van der Waals surface area contributed by atoms with Gasteiger partial charge in [-0.3, -0.25) is 9.59 Å². The molecule has 0 radical (unpaired) electrons. The number of benzene rings is 2. The maximum Gasteiger partial charge on any atom is 0.253 e. The van der Waals surface area contributed by atoms with Crippen LogP contribution in [0.2, 0.25) is 0 Å². The minimum absolute atomic E-state index is 0.0227. The summed E-state index contributed by atoms with van der Waals surface area (Å²) in [6, 6.07) is 13.6. The Hall–Kier alpha value is -2.69. The predicted octanol–water partition coefficient (Wildman–Crippen LogP) is 3.52. The van der Waals surface area contributed by atoms with Crippen molar-refractivity contribution in [2.45, 2.75) is 25.7 Å². The number of nitrogens with one attached hydrogen (secondary N) is 1. The summed E-state index contributed by atoms with van der Waals surface area (Å²) >= 11 is 0. The number of rotatable bonds is 5. The summed E-state index contributed by atoms with van der Waals surface area (Å²) in [5.74, 6) is -0.202. The standard InChI is InChI=1S/C23H25FN2O2/c1-15-4-2-3-5-19(15)20-13-26(23(28)17-8-10-18(24)11-9-17)14-21(20)22(27)25-12-16-6-7-16/h2-5,8-11,16,20-21H,6-7,12-14H2,1H3,(H,25,27)/t20-,21-/m1/s1. The molecule has 28 heavy (non-hydrogen) atoms. The molecule has 1 aliphatic carbocycles. The van der Waals surface area contributed by atoms with Crippen LogP contribution in [-0.4, -0.2) is 36.3 Å². The van der Waals surface area contributed by atoms with Crippen LogP contribution in [0.25, 0.3) is 0 Å². The number of hydrogen-bond acceptors (Lipinski definition) is 2. The third kappa shape index (κ3) is 3.93. The van der Waals surface area contributed by atoms with E-state index in [0.29, 0.717) is 24.6 Å². The zero-order chi connectivity index (χ0) is 19.7. The fourth-order valence-corrected chi connectivity index (χ4v) is 4.03. The van der Waals surface area contributed by atoms with E-state index in [0.717, 1.165) is 17.7 Å². The molecule has 0 bridgehead atoms. The largest absolute Gasteiger partial charge is 0.356 e. The van der Waals surface area contributed by atoms with Gasteiger partial charge in [-0.05, 0) is 61.1 Å². The van der Waals surface area contributed by atoms with Gasteiger partial charge in [0.05, 0.1) is 5.92 Å². The van der Waals surface area contributed by atoms with Gasteiger partial charge in [0.25, 0.3) is 5.91 Å². The van der Waals surface area contributed by atoms with E-state index in [4.69, 9.17) is 0 Å². The average Bonchev–Trinajstić information content (AvgIpc) is 3.43. The van der Waals surface area contributed by atoms with E-state index < -0.39 is 0 Å². The molecule has 1 saturated carbocycles. The molecule has 2 fully saturated rings. The topological polar surface area (TPSA) is 49.4 Å². The summed E-state index contributed by atoms with van der Waals surface area (Å²) in [5, 5.41) is 3.09. The van der Waals surface area contributed by atoms with Gasteiger partial charge in [0.2, 0.25) is 5.91 Å². The number of amides is 2. The summed E-state index contributed by atoms with van der Waals surface area (Å²) in [4.78, 5) is 27.6. The highest BCUT2D eigenvalue weighted by Crippen LogP contribution is 2.36. The zero-order valence-electron chi connectivity index (χ0n) is 16.0. The Labute approximate surface area is 164 Å². The van der Waals surface area contributed by atoms with Gasteiger partial charge >= 0.3 is 0 Å². The Balaban J connectivity index is 1.56. The Kier molecular flexibility index (Phi) is 5.16. The molecule has 1 heterocycles. The maximum atomic E-state index is 13.2. The second-order valence-electron chi connectivity index (χ2n) is 7.98. The SMILES string of the molecule is Cc1ccccc1[C@H]1CN(C(=O)c2ccc(F)cc2)C[C@H]1C(=O)NCC1CC1. The number of carbonyl (C=O) groups excluding carboxylic acids is 2. The van der Waals surface area contributed by atoms with Crippen molar-refractivity contribution in [2.24, 2.45) is 11.8 Å². The fraction of sp³-hybridized carbons (Fsp3) is 0.391. The number of nitrogens with zero attached hydrogens (tertiary/aromatic N) is 1. The molecule has 1 saturated heterocycles. The molecule has 0 spiro atoms. The van der Waals surface area contributed by atoms with Crippen LogP contribution in [0.5, 0.6) is 0 Å². The normalized spacial score (nSPS) is 21.6. The van der Waals surface area contributed by atoms with Crippen molar-refractivity contribution >= 4 is 11.8 Å². The highest BCUT2D eigenvalue weighted by atomic mass is 19.1. The monoisotopic (exact) mass is 380 g/mol. The van der Waals surface area contributed by atoms with Crippen molar-refractivity contribution in [3.8, 4) is 0 Å². The first-order chi connectivity index (χ1) is 13.5. The lowest BCUT2D eigenvalue weighted by Gasteiger charge is -2.20. The number of carbonyl (C=O) groups is 2. The lowest BCUT2D eigenvalue weighted by molar-refractivity contribution is -0.125. The molecule has 4 nitrogen and oxygen atoms in total. The Bertz CT molecular complexity index is 876. The van der Waals surface area contributed by atoms with Crippen LogP contribution in [-0.2, 0) is 4.79 Å². The van der Waals surface area contributed by atoms with E-state index in [1.165, 1.54) is 37.1 Å². The number of likely N-dealkylation sites (tertiary alicyclic amines) is 1. The van der Waals surface area contributed by atoms with Gasteiger partial charge in [0, 0.05) is 31.1 Å². The van der Waals surface area contributed by atoms with Crippen LogP contribution < -0.4 is 5.32 Å². The smallest absolute Gasteiger partial charge is 0.253 e. The highest BCUT2D eigenvalue weighted by molar-refractivity contribution is 5.95. The first kappa shape index (κ1) is 18.7. The second kappa shape index (κ2) is 7.74. The third-order valence-electron chi connectivity index (χ3n) is 5.88. The van der Waals surface area contributed by atoms with Crippen molar-refractivity contribution in [1.82, 2.24) is 10.2 Å². The fourth-order valence-electron chi connectivity index (χ4n) is 4.03. The summed E-state index contributed by atoms with van der Waals surface area (Å²) in [6.07, 6.45) is 2.36. The Morgan fingerprint density at radius 1 is 1.07 bits per heavy atom. The minimum atomic E-state index is -0.368. The molecule has 4 rings (SSSR count). The van der Waals surface area contributed by atoms with Crippen LogP contribution in [0.15, 0.2) is 48.5 Å². The molecule has 1 N–H and O–H groups in total. The molecule has 2 aliphatic rings. The Morgan fingerprint density at radius 3 is 2.46 bits per heavy atom.